The highest BCUT2D eigenvalue weighted by molar-refractivity contribution is 5.93. The van der Waals surface area contributed by atoms with Gasteiger partial charge < -0.3 is 5.21 Å². The number of pyridine rings is 1. The van der Waals surface area contributed by atoms with Crippen LogP contribution in [-0.2, 0) is 0 Å². The second kappa shape index (κ2) is 3.20. The summed E-state index contributed by atoms with van der Waals surface area (Å²) in [5, 5.41) is 14.2. The summed E-state index contributed by atoms with van der Waals surface area (Å²) in [4.78, 5) is 0. The van der Waals surface area contributed by atoms with E-state index in [1.165, 1.54) is 5.56 Å². The van der Waals surface area contributed by atoms with Crippen LogP contribution in [0.3, 0.4) is 0 Å². The fourth-order valence-corrected chi connectivity index (χ4v) is 2.21. The molecular weight excluding hydrogens is 198 g/mol. The van der Waals surface area contributed by atoms with Gasteiger partial charge in [0.25, 0.3) is 0 Å². The lowest BCUT2D eigenvalue weighted by molar-refractivity contribution is -0.547. The molecule has 0 fully saturated rings. The Kier molecular flexibility index (Phi) is 1.83. The quantitative estimate of drug-likeness (QED) is 0.317. The van der Waals surface area contributed by atoms with Crippen LogP contribution < -0.4 is 4.73 Å². The van der Waals surface area contributed by atoms with Crippen molar-refractivity contribution in [3.63, 3.8) is 0 Å². The molecule has 0 aliphatic rings. The minimum Gasteiger partial charge on any atom is -0.618 e. The fraction of sp³-hybridized carbons (Fsp3) is 0.0714. The van der Waals surface area contributed by atoms with Crippen LogP contribution in [0.4, 0.5) is 0 Å². The zero-order valence-electron chi connectivity index (χ0n) is 8.97. The maximum absolute atomic E-state index is 12.2. The molecule has 0 N–H and O–H groups in total. The average Bonchev–Trinajstić information content (AvgIpc) is 2.36. The van der Waals surface area contributed by atoms with Crippen LogP contribution >= 0.6 is 0 Å². The summed E-state index contributed by atoms with van der Waals surface area (Å²) >= 11 is 0. The Hall–Kier alpha value is -2.09. The molecule has 1 aromatic heterocycles. The molecule has 0 saturated carbocycles. The Morgan fingerprint density at radius 2 is 1.25 bits per heavy atom. The highest BCUT2D eigenvalue weighted by Gasteiger charge is 2.12. The molecule has 0 saturated heterocycles. The predicted molar refractivity (Wildman–Crippen MR) is 65.2 cm³/mol. The van der Waals surface area contributed by atoms with Gasteiger partial charge in [-0.25, -0.2) is 0 Å². The number of aromatic nitrogens is 1. The van der Waals surface area contributed by atoms with Crippen LogP contribution in [0.25, 0.3) is 21.8 Å². The maximum atomic E-state index is 12.2. The summed E-state index contributed by atoms with van der Waals surface area (Å²) in [5.41, 5.74) is 2.63. The molecule has 0 atom stereocenters. The molecule has 1 heterocycles. The Labute approximate surface area is 93.3 Å². The number of fused-ring (bicyclic) bond motifs is 2. The topological polar surface area (TPSA) is 26.9 Å². The minimum absolute atomic E-state index is 0.735. The number of para-hydroxylation sites is 2. The first-order valence-corrected chi connectivity index (χ1v) is 5.28. The van der Waals surface area contributed by atoms with Gasteiger partial charge in [-0.15, -0.1) is 0 Å². The Morgan fingerprint density at radius 3 is 1.75 bits per heavy atom. The molecule has 0 amide bonds. The number of benzene rings is 2. The summed E-state index contributed by atoms with van der Waals surface area (Å²) in [6.07, 6.45) is 0. The molecule has 0 unspecified atom stereocenters. The zero-order chi connectivity index (χ0) is 11.1. The smallest absolute Gasteiger partial charge is 0.224 e. The highest BCUT2D eigenvalue weighted by atomic mass is 16.5. The van der Waals surface area contributed by atoms with Crippen molar-refractivity contribution in [1.82, 2.24) is 0 Å². The molecular formula is C14H11NO. The van der Waals surface area contributed by atoms with Crippen LogP contribution in [0, 0.1) is 12.1 Å². The largest absolute Gasteiger partial charge is 0.618 e. The van der Waals surface area contributed by atoms with E-state index in [9.17, 15) is 5.21 Å². The molecule has 0 aliphatic heterocycles. The third kappa shape index (κ3) is 1.10. The summed E-state index contributed by atoms with van der Waals surface area (Å²) in [7, 11) is 0. The Morgan fingerprint density at radius 1 is 0.812 bits per heavy atom. The lowest BCUT2D eigenvalue weighted by Crippen LogP contribution is -2.28. The summed E-state index contributed by atoms with van der Waals surface area (Å²) in [6, 6.07) is 15.4. The second-order valence-electron chi connectivity index (χ2n) is 3.95. The third-order valence-electron chi connectivity index (χ3n) is 3.05. The van der Waals surface area contributed by atoms with Crippen molar-refractivity contribution in [2.45, 2.75) is 6.92 Å². The maximum Gasteiger partial charge on any atom is 0.224 e. The van der Waals surface area contributed by atoms with Crippen molar-refractivity contribution in [3.05, 3.63) is 59.3 Å². The van der Waals surface area contributed by atoms with Crippen LogP contribution in [-0.4, -0.2) is 0 Å². The predicted octanol–water partition coefficient (Wildman–Crippen LogP) is 2.93. The molecule has 2 heteroatoms. The van der Waals surface area contributed by atoms with Gasteiger partial charge in [-0.1, -0.05) is 24.3 Å². The molecule has 0 spiro atoms. The van der Waals surface area contributed by atoms with Crippen molar-refractivity contribution >= 4 is 21.8 Å². The molecule has 2 nitrogen and oxygen atoms in total. The molecule has 0 aliphatic carbocycles. The van der Waals surface area contributed by atoms with E-state index in [1.54, 1.807) is 0 Å². The van der Waals surface area contributed by atoms with E-state index in [2.05, 4.69) is 6.92 Å². The number of hydrogen-bond donors (Lipinski definition) is 0. The molecule has 78 valence electrons. The van der Waals surface area contributed by atoms with E-state index in [0.29, 0.717) is 0 Å². The van der Waals surface area contributed by atoms with Gasteiger partial charge in [0.2, 0.25) is 11.0 Å². The molecule has 2 aromatic carbocycles. The van der Waals surface area contributed by atoms with Gasteiger partial charge in [-0.3, -0.25) is 0 Å². The molecule has 16 heavy (non-hydrogen) atoms. The Bertz CT molecular complexity index is 572. The monoisotopic (exact) mass is 209 g/mol. The summed E-state index contributed by atoms with van der Waals surface area (Å²) < 4.78 is 1.01. The first-order chi connectivity index (χ1) is 7.79. The van der Waals surface area contributed by atoms with Gasteiger partial charge in [0.1, 0.15) is 0 Å². The third-order valence-corrected chi connectivity index (χ3v) is 3.05. The van der Waals surface area contributed by atoms with Crippen molar-refractivity contribution in [2.75, 3.05) is 0 Å². The summed E-state index contributed by atoms with van der Waals surface area (Å²) in [6.45, 7) is 2.06. The van der Waals surface area contributed by atoms with Crippen LogP contribution in [0.5, 0.6) is 0 Å². The lowest BCUT2D eigenvalue weighted by atomic mass is 10.0. The highest BCUT2D eigenvalue weighted by Crippen LogP contribution is 2.23. The van der Waals surface area contributed by atoms with Gasteiger partial charge >= 0.3 is 0 Å². The zero-order valence-corrected chi connectivity index (χ0v) is 8.97. The second-order valence-corrected chi connectivity index (χ2v) is 3.95. The van der Waals surface area contributed by atoms with Gasteiger partial charge in [-0.05, 0) is 24.6 Å². The van der Waals surface area contributed by atoms with Crippen LogP contribution in [0.1, 0.15) is 5.56 Å². The van der Waals surface area contributed by atoms with E-state index in [0.717, 1.165) is 26.5 Å². The lowest BCUT2D eigenvalue weighted by Gasteiger charge is -2.08. The Balaban J connectivity index is 2.67. The number of hydrogen-bond acceptors (Lipinski definition) is 1. The fourth-order valence-electron chi connectivity index (χ4n) is 2.21. The van der Waals surface area contributed by atoms with E-state index >= 15 is 0 Å². The number of aryl methyl sites for hydroxylation is 1. The van der Waals surface area contributed by atoms with Crippen molar-refractivity contribution in [1.29, 1.82) is 0 Å². The van der Waals surface area contributed by atoms with E-state index in [-0.39, 0.29) is 0 Å². The SMILES string of the molecule is Cc1c2ccccc2[n+]([O-])c2ccccc12. The molecule has 3 aromatic rings. The van der Waals surface area contributed by atoms with E-state index in [1.807, 2.05) is 48.5 Å². The first-order valence-electron chi connectivity index (χ1n) is 5.28. The van der Waals surface area contributed by atoms with E-state index < -0.39 is 0 Å². The average molecular weight is 209 g/mol. The van der Waals surface area contributed by atoms with Crippen LogP contribution in [0.15, 0.2) is 48.5 Å². The van der Waals surface area contributed by atoms with E-state index in [4.69, 9.17) is 0 Å². The van der Waals surface area contributed by atoms with Gasteiger partial charge in [0.15, 0.2) is 0 Å². The molecule has 0 bridgehead atoms. The number of nitrogens with zero attached hydrogens (tertiary/aromatic N) is 1. The van der Waals surface area contributed by atoms with Gasteiger partial charge in [-0.2, -0.15) is 4.73 Å². The van der Waals surface area contributed by atoms with Crippen molar-refractivity contribution in [3.8, 4) is 0 Å². The van der Waals surface area contributed by atoms with Crippen LogP contribution in [0.2, 0.25) is 0 Å². The first kappa shape index (κ1) is 9.16. The standard InChI is InChI=1S/C14H11NO/c1-10-11-6-2-4-8-13(11)15(16)14-9-5-3-7-12(10)14/h2-9H,1H3. The number of rotatable bonds is 0. The van der Waals surface area contributed by atoms with Gasteiger partial charge in [0, 0.05) is 12.1 Å². The minimum atomic E-state index is 0.735. The van der Waals surface area contributed by atoms with Gasteiger partial charge in [0.05, 0.1) is 10.8 Å². The van der Waals surface area contributed by atoms with Crippen molar-refractivity contribution < 1.29 is 4.73 Å². The normalized spacial score (nSPS) is 11.1. The summed E-state index contributed by atoms with van der Waals surface area (Å²) in [5.74, 6) is 0. The molecule has 0 radical (unpaired) electrons. The van der Waals surface area contributed by atoms with Crippen molar-refractivity contribution in [2.24, 2.45) is 0 Å². The molecule has 3 rings (SSSR count).